The van der Waals surface area contributed by atoms with E-state index < -0.39 is 0 Å². The van der Waals surface area contributed by atoms with Crippen molar-refractivity contribution < 1.29 is 4.74 Å². The Morgan fingerprint density at radius 2 is 1.09 bits per heavy atom. The van der Waals surface area contributed by atoms with E-state index in [-0.39, 0.29) is 0 Å². The number of aromatic nitrogens is 2. The quantitative estimate of drug-likeness (QED) is 0.205. The van der Waals surface area contributed by atoms with Crippen LogP contribution in [0.15, 0.2) is 36.7 Å². The second-order valence-electron chi connectivity index (χ2n) is 9.13. The monoisotopic (exact) mass is 438 g/mol. The number of rotatable bonds is 19. The van der Waals surface area contributed by atoms with Crippen LogP contribution in [-0.2, 0) is 6.42 Å². The van der Waals surface area contributed by atoms with E-state index in [2.05, 4.69) is 48.1 Å². The molecule has 0 aliphatic heterocycles. The van der Waals surface area contributed by atoms with E-state index in [4.69, 9.17) is 4.74 Å². The first-order chi connectivity index (χ1) is 15.8. The zero-order chi connectivity index (χ0) is 22.7. The third kappa shape index (κ3) is 11.6. The summed E-state index contributed by atoms with van der Waals surface area (Å²) < 4.78 is 5.84. The Balaban J connectivity index is 1.57. The van der Waals surface area contributed by atoms with Gasteiger partial charge in [0.05, 0.1) is 19.0 Å². The molecule has 0 amide bonds. The number of hydrogen-bond donors (Lipinski definition) is 0. The second kappa shape index (κ2) is 17.6. The Labute approximate surface area is 197 Å². The summed E-state index contributed by atoms with van der Waals surface area (Å²) >= 11 is 0. The molecule has 32 heavy (non-hydrogen) atoms. The van der Waals surface area contributed by atoms with Crippen LogP contribution in [0.4, 0.5) is 0 Å². The van der Waals surface area contributed by atoms with E-state index in [9.17, 15) is 0 Å². The van der Waals surface area contributed by atoms with Crippen molar-refractivity contribution in [2.75, 3.05) is 6.61 Å². The number of benzene rings is 1. The van der Waals surface area contributed by atoms with Gasteiger partial charge in [-0.05, 0) is 24.8 Å². The summed E-state index contributed by atoms with van der Waals surface area (Å²) in [7, 11) is 0. The lowest BCUT2D eigenvalue weighted by atomic mass is 10.0. The fourth-order valence-electron chi connectivity index (χ4n) is 4.07. The standard InChI is InChI=1S/C29H46N2O/c1-3-5-7-9-10-11-12-13-15-17-23-32-28-24-30-29(31-25-28)27-21-19-26(20-22-27)18-16-14-8-6-4-2/h19-22,24-25H,3-18,23H2,1-2H3. The Bertz CT molecular complexity index is 681. The van der Waals surface area contributed by atoms with Gasteiger partial charge in [-0.25, -0.2) is 9.97 Å². The minimum absolute atomic E-state index is 0.756. The number of hydrogen-bond acceptors (Lipinski definition) is 3. The van der Waals surface area contributed by atoms with Gasteiger partial charge in [0.15, 0.2) is 11.6 Å². The van der Waals surface area contributed by atoms with Gasteiger partial charge in [0.1, 0.15) is 0 Å². The largest absolute Gasteiger partial charge is 0.490 e. The third-order valence-electron chi connectivity index (χ3n) is 6.18. The molecule has 3 heteroatoms. The SMILES string of the molecule is CCCCCCCCCCCCOc1cnc(-c2ccc(CCCCCCC)cc2)nc1. The van der Waals surface area contributed by atoms with E-state index in [1.165, 1.54) is 95.5 Å². The first kappa shape index (κ1) is 26.4. The molecule has 0 saturated heterocycles. The second-order valence-corrected chi connectivity index (χ2v) is 9.13. The maximum absolute atomic E-state index is 5.84. The third-order valence-corrected chi connectivity index (χ3v) is 6.18. The van der Waals surface area contributed by atoms with Gasteiger partial charge in [-0.2, -0.15) is 0 Å². The average molecular weight is 439 g/mol. The predicted molar refractivity (Wildman–Crippen MR) is 137 cm³/mol. The molecule has 0 bridgehead atoms. The summed E-state index contributed by atoms with van der Waals surface area (Å²) in [6, 6.07) is 8.71. The molecule has 0 aliphatic rings. The Hall–Kier alpha value is -1.90. The van der Waals surface area contributed by atoms with Gasteiger partial charge in [-0.15, -0.1) is 0 Å². The van der Waals surface area contributed by atoms with Gasteiger partial charge in [-0.1, -0.05) is 122 Å². The molecule has 0 aliphatic carbocycles. The van der Waals surface area contributed by atoms with Gasteiger partial charge >= 0.3 is 0 Å². The average Bonchev–Trinajstić information content (AvgIpc) is 2.83. The molecule has 0 unspecified atom stereocenters. The Kier molecular flexibility index (Phi) is 14.5. The van der Waals surface area contributed by atoms with Crippen molar-refractivity contribution in [3.63, 3.8) is 0 Å². The van der Waals surface area contributed by atoms with Crippen LogP contribution in [0.1, 0.15) is 116 Å². The maximum Gasteiger partial charge on any atom is 0.159 e. The fourth-order valence-corrected chi connectivity index (χ4v) is 4.07. The predicted octanol–water partition coefficient (Wildman–Crippen LogP) is 8.96. The molecular weight excluding hydrogens is 392 g/mol. The highest BCUT2D eigenvalue weighted by atomic mass is 16.5. The van der Waals surface area contributed by atoms with Crippen molar-refractivity contribution in [1.82, 2.24) is 9.97 Å². The number of aryl methyl sites for hydroxylation is 1. The molecule has 178 valence electrons. The number of ether oxygens (including phenoxy) is 1. The van der Waals surface area contributed by atoms with Gasteiger partial charge in [-0.3, -0.25) is 0 Å². The minimum atomic E-state index is 0.756. The normalized spacial score (nSPS) is 11.1. The molecule has 0 saturated carbocycles. The lowest BCUT2D eigenvalue weighted by Gasteiger charge is -2.07. The lowest BCUT2D eigenvalue weighted by molar-refractivity contribution is 0.302. The van der Waals surface area contributed by atoms with Crippen LogP contribution in [0.5, 0.6) is 5.75 Å². The number of unbranched alkanes of at least 4 members (excludes halogenated alkanes) is 13. The van der Waals surface area contributed by atoms with Crippen molar-refractivity contribution in [3.05, 3.63) is 42.2 Å². The smallest absolute Gasteiger partial charge is 0.159 e. The minimum Gasteiger partial charge on any atom is -0.490 e. The van der Waals surface area contributed by atoms with Gasteiger partial charge in [0.2, 0.25) is 0 Å². The summed E-state index contributed by atoms with van der Waals surface area (Å²) in [5.41, 5.74) is 2.47. The van der Waals surface area contributed by atoms with Crippen molar-refractivity contribution in [2.24, 2.45) is 0 Å². The number of nitrogens with zero attached hydrogens (tertiary/aromatic N) is 2. The molecule has 1 aromatic carbocycles. The molecule has 0 N–H and O–H groups in total. The van der Waals surface area contributed by atoms with Gasteiger partial charge in [0, 0.05) is 5.56 Å². The first-order valence-corrected chi connectivity index (χ1v) is 13.4. The first-order valence-electron chi connectivity index (χ1n) is 13.4. The molecule has 3 nitrogen and oxygen atoms in total. The molecule has 0 spiro atoms. The molecular formula is C29H46N2O. The highest BCUT2D eigenvalue weighted by molar-refractivity contribution is 5.55. The zero-order valence-electron chi connectivity index (χ0n) is 20.8. The molecule has 2 aromatic rings. The van der Waals surface area contributed by atoms with Crippen LogP contribution in [0, 0.1) is 0 Å². The topological polar surface area (TPSA) is 35.0 Å². The molecule has 1 aromatic heterocycles. The molecule has 2 rings (SSSR count). The Morgan fingerprint density at radius 1 is 0.594 bits per heavy atom. The van der Waals surface area contributed by atoms with Crippen LogP contribution in [0.3, 0.4) is 0 Å². The summed E-state index contributed by atoms with van der Waals surface area (Å²) in [5.74, 6) is 1.54. The lowest BCUT2D eigenvalue weighted by Crippen LogP contribution is -1.99. The van der Waals surface area contributed by atoms with Crippen molar-refractivity contribution >= 4 is 0 Å². The zero-order valence-corrected chi connectivity index (χ0v) is 20.8. The van der Waals surface area contributed by atoms with Crippen LogP contribution in [0.25, 0.3) is 11.4 Å². The van der Waals surface area contributed by atoms with Gasteiger partial charge in [0.25, 0.3) is 0 Å². The van der Waals surface area contributed by atoms with E-state index >= 15 is 0 Å². The molecule has 1 heterocycles. The van der Waals surface area contributed by atoms with E-state index in [1.807, 2.05) is 0 Å². The maximum atomic E-state index is 5.84. The summed E-state index contributed by atoms with van der Waals surface area (Å²) in [6.07, 6.45) is 24.8. The molecule has 0 radical (unpaired) electrons. The van der Waals surface area contributed by atoms with E-state index in [0.717, 1.165) is 36.6 Å². The highest BCUT2D eigenvalue weighted by Gasteiger charge is 2.03. The van der Waals surface area contributed by atoms with E-state index in [1.54, 1.807) is 12.4 Å². The van der Waals surface area contributed by atoms with Crippen LogP contribution in [-0.4, -0.2) is 16.6 Å². The van der Waals surface area contributed by atoms with Crippen molar-refractivity contribution in [3.8, 4) is 17.1 Å². The highest BCUT2D eigenvalue weighted by Crippen LogP contribution is 2.19. The van der Waals surface area contributed by atoms with Crippen LogP contribution < -0.4 is 4.74 Å². The van der Waals surface area contributed by atoms with E-state index in [0.29, 0.717) is 0 Å². The summed E-state index contributed by atoms with van der Waals surface area (Å²) in [6.45, 7) is 5.29. The Morgan fingerprint density at radius 3 is 1.66 bits per heavy atom. The molecule has 0 fully saturated rings. The van der Waals surface area contributed by atoms with Crippen molar-refractivity contribution in [1.29, 1.82) is 0 Å². The van der Waals surface area contributed by atoms with Crippen LogP contribution >= 0.6 is 0 Å². The van der Waals surface area contributed by atoms with Crippen molar-refractivity contribution in [2.45, 2.75) is 117 Å². The summed E-state index contributed by atoms with van der Waals surface area (Å²) in [5, 5.41) is 0. The fraction of sp³-hybridized carbons (Fsp3) is 0.655. The molecule has 0 atom stereocenters. The van der Waals surface area contributed by atoms with Crippen LogP contribution in [0.2, 0.25) is 0 Å². The summed E-state index contributed by atoms with van der Waals surface area (Å²) in [4.78, 5) is 9.02. The van der Waals surface area contributed by atoms with Gasteiger partial charge < -0.3 is 4.74 Å².